The van der Waals surface area contributed by atoms with Gasteiger partial charge in [0.2, 0.25) is 0 Å². The quantitative estimate of drug-likeness (QED) is 0.527. The highest BCUT2D eigenvalue weighted by Crippen LogP contribution is 2.32. The minimum atomic E-state index is -4.52. The zero-order valence-corrected chi connectivity index (χ0v) is 7.39. The maximum Gasteiger partial charge on any atom is 0.417 e. The van der Waals surface area contributed by atoms with E-state index < -0.39 is 11.7 Å². The molecule has 1 aromatic rings. The first-order chi connectivity index (χ1) is 6.95. The number of halogens is 3. The van der Waals surface area contributed by atoms with Crippen molar-refractivity contribution in [1.82, 2.24) is 0 Å². The van der Waals surface area contributed by atoms with Gasteiger partial charge >= 0.3 is 6.18 Å². The SMILES string of the molecule is N#CC#Cc1ccc(N)cc1C(F)(F)F. The van der Waals surface area contributed by atoms with E-state index in [9.17, 15) is 13.2 Å². The van der Waals surface area contributed by atoms with Crippen LogP contribution in [0.5, 0.6) is 0 Å². The molecule has 0 aliphatic heterocycles. The Hall–Kier alpha value is -2.14. The molecule has 0 spiro atoms. The van der Waals surface area contributed by atoms with Crippen LogP contribution in [0.1, 0.15) is 11.1 Å². The molecule has 2 N–H and O–H groups in total. The molecule has 0 fully saturated rings. The molecule has 1 aromatic carbocycles. The van der Waals surface area contributed by atoms with Gasteiger partial charge in [0, 0.05) is 17.2 Å². The zero-order chi connectivity index (χ0) is 11.5. The number of anilines is 1. The van der Waals surface area contributed by atoms with Crippen LogP contribution >= 0.6 is 0 Å². The van der Waals surface area contributed by atoms with E-state index >= 15 is 0 Å². The highest BCUT2D eigenvalue weighted by atomic mass is 19.4. The van der Waals surface area contributed by atoms with Crippen molar-refractivity contribution in [2.75, 3.05) is 5.73 Å². The molecule has 0 saturated heterocycles. The van der Waals surface area contributed by atoms with Gasteiger partial charge in [-0.2, -0.15) is 18.4 Å². The van der Waals surface area contributed by atoms with Crippen LogP contribution in [-0.2, 0) is 6.18 Å². The number of benzene rings is 1. The number of rotatable bonds is 0. The lowest BCUT2D eigenvalue weighted by Gasteiger charge is -2.09. The Kier molecular flexibility index (Phi) is 2.87. The Morgan fingerprint density at radius 1 is 1.27 bits per heavy atom. The highest BCUT2D eigenvalue weighted by molar-refractivity contribution is 5.52. The molecule has 15 heavy (non-hydrogen) atoms. The summed E-state index contributed by atoms with van der Waals surface area (Å²) in [6.45, 7) is 0. The summed E-state index contributed by atoms with van der Waals surface area (Å²) in [4.78, 5) is 0. The van der Waals surface area contributed by atoms with Crippen molar-refractivity contribution < 1.29 is 13.2 Å². The van der Waals surface area contributed by atoms with E-state index in [4.69, 9.17) is 11.0 Å². The van der Waals surface area contributed by atoms with Gasteiger partial charge in [-0.3, -0.25) is 0 Å². The van der Waals surface area contributed by atoms with Gasteiger partial charge in [-0.05, 0) is 18.2 Å². The first-order valence-corrected chi connectivity index (χ1v) is 3.82. The van der Waals surface area contributed by atoms with Crippen molar-refractivity contribution in [3.05, 3.63) is 29.3 Å². The summed E-state index contributed by atoms with van der Waals surface area (Å²) < 4.78 is 37.3. The van der Waals surface area contributed by atoms with Gasteiger partial charge in [0.25, 0.3) is 0 Å². The average Bonchev–Trinajstić information content (AvgIpc) is 2.14. The molecule has 2 nitrogen and oxygen atoms in total. The van der Waals surface area contributed by atoms with Gasteiger partial charge < -0.3 is 5.73 Å². The average molecular weight is 210 g/mol. The van der Waals surface area contributed by atoms with Crippen LogP contribution in [0.4, 0.5) is 18.9 Å². The van der Waals surface area contributed by atoms with Gasteiger partial charge in [-0.15, -0.1) is 0 Å². The Morgan fingerprint density at radius 2 is 1.93 bits per heavy atom. The molecule has 0 saturated carbocycles. The summed E-state index contributed by atoms with van der Waals surface area (Å²) in [6.07, 6.45) is -4.52. The van der Waals surface area contributed by atoms with E-state index in [1.165, 1.54) is 12.1 Å². The Balaban J connectivity index is 3.35. The fourth-order valence-corrected chi connectivity index (χ4v) is 1.00. The second-order valence-corrected chi connectivity index (χ2v) is 2.66. The van der Waals surface area contributed by atoms with Crippen molar-refractivity contribution in [3.8, 4) is 17.9 Å². The normalized spacial score (nSPS) is 10.0. The van der Waals surface area contributed by atoms with Crippen LogP contribution in [0, 0.1) is 23.2 Å². The fraction of sp³-hybridized carbons (Fsp3) is 0.100. The van der Waals surface area contributed by atoms with Crippen LogP contribution in [-0.4, -0.2) is 0 Å². The van der Waals surface area contributed by atoms with Crippen molar-refractivity contribution in [2.24, 2.45) is 0 Å². The summed E-state index contributed by atoms with van der Waals surface area (Å²) in [6, 6.07) is 4.69. The number of alkyl halides is 3. The maximum atomic E-state index is 12.4. The van der Waals surface area contributed by atoms with Gasteiger partial charge in [-0.25, -0.2) is 0 Å². The monoisotopic (exact) mass is 210 g/mol. The molecular formula is C10H5F3N2. The Labute approximate surface area is 84.1 Å². The molecule has 0 heterocycles. The summed E-state index contributed by atoms with van der Waals surface area (Å²) in [5.74, 6) is 4.02. The Bertz CT molecular complexity index is 472. The third kappa shape index (κ3) is 2.65. The van der Waals surface area contributed by atoms with Crippen LogP contribution < -0.4 is 5.73 Å². The van der Waals surface area contributed by atoms with Crippen LogP contribution in [0.25, 0.3) is 0 Å². The maximum absolute atomic E-state index is 12.4. The summed E-state index contributed by atoms with van der Waals surface area (Å²) in [5.41, 5.74) is 4.07. The minimum absolute atomic E-state index is 0.00447. The van der Waals surface area contributed by atoms with Crippen molar-refractivity contribution in [3.63, 3.8) is 0 Å². The van der Waals surface area contributed by atoms with Gasteiger partial charge in [0.1, 0.15) is 0 Å². The first kappa shape index (κ1) is 10.9. The fourth-order valence-electron chi connectivity index (χ4n) is 1.00. The number of hydrogen-bond donors (Lipinski definition) is 1. The molecule has 0 atom stereocenters. The largest absolute Gasteiger partial charge is 0.417 e. The minimum Gasteiger partial charge on any atom is -0.399 e. The van der Waals surface area contributed by atoms with E-state index in [0.717, 1.165) is 12.1 Å². The predicted octanol–water partition coefficient (Wildman–Crippen LogP) is 2.16. The molecule has 0 aromatic heterocycles. The third-order valence-corrected chi connectivity index (χ3v) is 1.60. The standard InChI is InChI=1S/C10H5F3N2/c11-10(12,13)9-6-8(15)4-3-7(9)2-1-5-14/h3-4,6H,15H2. The lowest BCUT2D eigenvalue weighted by atomic mass is 10.1. The van der Waals surface area contributed by atoms with Gasteiger partial charge in [0.05, 0.1) is 5.56 Å². The molecule has 0 aliphatic carbocycles. The molecule has 1 rings (SSSR count). The van der Waals surface area contributed by atoms with Crippen molar-refractivity contribution >= 4 is 5.69 Å². The predicted molar refractivity (Wildman–Crippen MR) is 48.3 cm³/mol. The van der Waals surface area contributed by atoms with E-state index in [1.807, 2.05) is 5.92 Å². The molecule has 0 amide bonds. The molecule has 0 radical (unpaired) electrons. The van der Waals surface area contributed by atoms with Gasteiger partial charge in [0.15, 0.2) is 6.07 Å². The molecule has 76 valence electrons. The van der Waals surface area contributed by atoms with Crippen molar-refractivity contribution in [2.45, 2.75) is 6.18 Å². The lowest BCUT2D eigenvalue weighted by molar-refractivity contribution is -0.137. The number of nitrogens with zero attached hydrogens (tertiary/aromatic N) is 1. The highest BCUT2D eigenvalue weighted by Gasteiger charge is 2.33. The summed E-state index contributed by atoms with van der Waals surface area (Å²) >= 11 is 0. The van der Waals surface area contributed by atoms with Crippen LogP contribution in [0.3, 0.4) is 0 Å². The van der Waals surface area contributed by atoms with Crippen LogP contribution in [0.2, 0.25) is 0 Å². The number of nitrogen functional groups attached to an aromatic ring is 1. The summed E-state index contributed by atoms with van der Waals surface area (Å²) in [5, 5.41) is 8.15. The number of nitrogens with two attached hydrogens (primary N) is 1. The second-order valence-electron chi connectivity index (χ2n) is 2.66. The molecule has 5 heteroatoms. The molecular weight excluding hydrogens is 205 g/mol. The summed E-state index contributed by atoms with van der Waals surface area (Å²) in [7, 11) is 0. The molecule has 0 aliphatic rings. The van der Waals surface area contributed by atoms with E-state index in [-0.39, 0.29) is 11.3 Å². The lowest BCUT2D eigenvalue weighted by Crippen LogP contribution is -2.08. The zero-order valence-electron chi connectivity index (χ0n) is 7.39. The van der Waals surface area contributed by atoms with Crippen molar-refractivity contribution in [1.29, 1.82) is 5.26 Å². The van der Waals surface area contributed by atoms with E-state index in [0.29, 0.717) is 0 Å². The Morgan fingerprint density at radius 3 is 2.47 bits per heavy atom. The first-order valence-electron chi connectivity index (χ1n) is 3.82. The number of nitriles is 1. The number of hydrogen-bond acceptors (Lipinski definition) is 2. The van der Waals surface area contributed by atoms with E-state index in [2.05, 4.69) is 5.92 Å². The molecule has 0 bridgehead atoms. The van der Waals surface area contributed by atoms with E-state index in [1.54, 1.807) is 0 Å². The third-order valence-electron chi connectivity index (χ3n) is 1.60. The smallest absolute Gasteiger partial charge is 0.399 e. The topological polar surface area (TPSA) is 49.8 Å². The van der Waals surface area contributed by atoms with Gasteiger partial charge in [-0.1, -0.05) is 5.92 Å². The molecule has 0 unspecified atom stereocenters. The van der Waals surface area contributed by atoms with Crippen LogP contribution in [0.15, 0.2) is 18.2 Å². The second kappa shape index (κ2) is 3.93.